The van der Waals surface area contributed by atoms with Crippen LogP contribution in [-0.4, -0.2) is 44.5 Å². The van der Waals surface area contributed by atoms with Crippen molar-refractivity contribution in [3.8, 4) is 11.5 Å². The number of carboxylic acid groups (broad SMARTS) is 1. The molecule has 3 aromatic rings. The van der Waals surface area contributed by atoms with Crippen molar-refractivity contribution in [2.45, 2.75) is 13.2 Å². The molecule has 0 radical (unpaired) electrons. The van der Waals surface area contributed by atoms with Crippen LogP contribution in [0.3, 0.4) is 0 Å². The molecule has 0 bridgehead atoms. The summed E-state index contributed by atoms with van der Waals surface area (Å²) in [4.78, 5) is 13.9. The lowest BCUT2D eigenvalue weighted by molar-refractivity contribution is 0.0696. The van der Waals surface area contributed by atoms with E-state index < -0.39 is 5.97 Å². The third-order valence-electron chi connectivity index (χ3n) is 5.59. The molecule has 0 spiro atoms. The smallest absolute Gasteiger partial charge is 0.337 e. The fourth-order valence-electron chi connectivity index (χ4n) is 3.85. The fourth-order valence-corrected chi connectivity index (χ4v) is 4.13. The van der Waals surface area contributed by atoms with Gasteiger partial charge in [0, 0.05) is 25.3 Å². The molecule has 8 heteroatoms. The number of ether oxygens (including phenoxy) is 3. The van der Waals surface area contributed by atoms with E-state index in [1.54, 1.807) is 13.2 Å². The van der Waals surface area contributed by atoms with E-state index >= 15 is 0 Å². The lowest BCUT2D eigenvalue weighted by atomic mass is 10.1. The van der Waals surface area contributed by atoms with Crippen LogP contribution in [0.5, 0.6) is 11.5 Å². The molecule has 34 heavy (non-hydrogen) atoms. The number of hydrogen-bond acceptors (Lipinski definition) is 6. The van der Waals surface area contributed by atoms with Gasteiger partial charge in [0.15, 0.2) is 11.5 Å². The highest BCUT2D eigenvalue weighted by Crippen LogP contribution is 2.37. The summed E-state index contributed by atoms with van der Waals surface area (Å²) < 4.78 is 16.8. The van der Waals surface area contributed by atoms with Gasteiger partial charge >= 0.3 is 5.97 Å². The van der Waals surface area contributed by atoms with E-state index in [2.05, 4.69) is 5.32 Å². The Kier molecular flexibility index (Phi) is 7.77. The van der Waals surface area contributed by atoms with Crippen LogP contribution in [0, 0.1) is 0 Å². The summed E-state index contributed by atoms with van der Waals surface area (Å²) in [6.07, 6.45) is 0. The number of hydrogen-bond donors (Lipinski definition) is 2. The van der Waals surface area contributed by atoms with Crippen molar-refractivity contribution in [3.05, 3.63) is 82.4 Å². The highest BCUT2D eigenvalue weighted by Gasteiger charge is 2.19. The van der Waals surface area contributed by atoms with Gasteiger partial charge in [-0.15, -0.1) is 0 Å². The molecule has 0 atom stereocenters. The average molecular weight is 483 g/mol. The molecule has 0 aliphatic carbocycles. The van der Waals surface area contributed by atoms with Crippen molar-refractivity contribution < 1.29 is 24.1 Å². The minimum Gasteiger partial charge on any atom is -0.493 e. The summed E-state index contributed by atoms with van der Waals surface area (Å²) in [5.41, 5.74) is 3.57. The highest BCUT2D eigenvalue weighted by molar-refractivity contribution is 6.32. The van der Waals surface area contributed by atoms with Crippen LogP contribution in [-0.2, 0) is 17.9 Å². The number of carboxylic acids is 1. The second-order valence-corrected chi connectivity index (χ2v) is 8.28. The summed E-state index contributed by atoms with van der Waals surface area (Å²) in [6, 6.07) is 18.9. The number of nitrogens with one attached hydrogen (secondary N) is 1. The Labute approximate surface area is 203 Å². The van der Waals surface area contributed by atoms with Gasteiger partial charge in [-0.25, -0.2) is 4.79 Å². The number of morpholine rings is 1. The molecule has 3 aromatic carbocycles. The molecule has 178 valence electrons. The van der Waals surface area contributed by atoms with Crippen molar-refractivity contribution >= 4 is 28.9 Å². The minimum absolute atomic E-state index is 0.257. The standard InChI is InChI=1S/C26H27ClN2O5/c1-32-24-14-19(13-22(27)25(24)34-17-18-5-3-2-4-6-18)16-28-20-7-8-23(21(15-20)26(30)31)29-9-11-33-12-10-29/h2-8,13-15,28H,9-12,16-17H2,1H3,(H,30,31). The van der Waals surface area contributed by atoms with Crippen LogP contribution >= 0.6 is 11.6 Å². The molecular weight excluding hydrogens is 456 g/mol. The highest BCUT2D eigenvalue weighted by atomic mass is 35.5. The lowest BCUT2D eigenvalue weighted by Crippen LogP contribution is -2.37. The number of methoxy groups -OCH3 is 1. The largest absolute Gasteiger partial charge is 0.493 e. The first kappa shape index (κ1) is 23.7. The Hall–Kier alpha value is -3.42. The summed E-state index contributed by atoms with van der Waals surface area (Å²) >= 11 is 6.51. The van der Waals surface area contributed by atoms with Crippen molar-refractivity contribution in [3.63, 3.8) is 0 Å². The number of carbonyl (C=O) groups is 1. The summed E-state index contributed by atoms with van der Waals surface area (Å²) in [5, 5.41) is 13.5. The maximum absolute atomic E-state index is 11.9. The Morgan fingerprint density at radius 1 is 1.09 bits per heavy atom. The van der Waals surface area contributed by atoms with E-state index in [4.69, 9.17) is 25.8 Å². The van der Waals surface area contributed by atoms with E-state index in [1.807, 2.05) is 59.5 Å². The SMILES string of the molecule is COc1cc(CNc2ccc(N3CCOCC3)c(C(=O)O)c2)cc(Cl)c1OCc1ccccc1. The predicted octanol–water partition coefficient (Wildman–Crippen LogP) is 5.07. The van der Waals surface area contributed by atoms with Crippen LogP contribution < -0.4 is 19.7 Å². The lowest BCUT2D eigenvalue weighted by Gasteiger charge is -2.30. The molecule has 4 rings (SSSR count). The van der Waals surface area contributed by atoms with Gasteiger partial charge in [-0.1, -0.05) is 41.9 Å². The zero-order valence-electron chi connectivity index (χ0n) is 18.9. The molecule has 7 nitrogen and oxygen atoms in total. The second kappa shape index (κ2) is 11.1. The van der Waals surface area contributed by atoms with E-state index in [1.165, 1.54) is 0 Å². The average Bonchev–Trinajstić information content (AvgIpc) is 2.87. The van der Waals surface area contributed by atoms with Gasteiger partial charge in [0.05, 0.1) is 36.6 Å². The number of aromatic carboxylic acids is 1. The number of anilines is 2. The van der Waals surface area contributed by atoms with Gasteiger partial charge in [-0.05, 0) is 41.5 Å². The van der Waals surface area contributed by atoms with Gasteiger partial charge in [0.1, 0.15) is 6.61 Å². The predicted molar refractivity (Wildman–Crippen MR) is 133 cm³/mol. The first-order chi connectivity index (χ1) is 16.5. The number of nitrogens with zero attached hydrogens (tertiary/aromatic N) is 1. The zero-order chi connectivity index (χ0) is 23.9. The van der Waals surface area contributed by atoms with Crippen molar-refractivity contribution in [1.29, 1.82) is 0 Å². The van der Waals surface area contributed by atoms with Gasteiger partial charge in [0.2, 0.25) is 0 Å². The monoisotopic (exact) mass is 482 g/mol. The molecule has 0 saturated carbocycles. The molecule has 0 amide bonds. The maximum Gasteiger partial charge on any atom is 0.337 e. The molecule has 1 fully saturated rings. The Bertz CT molecular complexity index is 1130. The summed E-state index contributed by atoms with van der Waals surface area (Å²) in [5.74, 6) is 0.0590. The van der Waals surface area contributed by atoms with E-state index in [-0.39, 0.29) is 5.56 Å². The van der Waals surface area contributed by atoms with Gasteiger partial charge in [-0.2, -0.15) is 0 Å². The van der Waals surface area contributed by atoms with E-state index in [9.17, 15) is 9.90 Å². The first-order valence-corrected chi connectivity index (χ1v) is 11.4. The maximum atomic E-state index is 11.9. The molecule has 1 aliphatic heterocycles. The van der Waals surface area contributed by atoms with Crippen molar-refractivity contribution in [2.75, 3.05) is 43.6 Å². The zero-order valence-corrected chi connectivity index (χ0v) is 19.7. The van der Waals surface area contributed by atoms with Crippen LogP contribution in [0.25, 0.3) is 0 Å². The molecular formula is C26H27ClN2O5. The number of benzene rings is 3. The molecule has 2 N–H and O–H groups in total. The summed E-state index contributed by atoms with van der Waals surface area (Å²) in [7, 11) is 1.57. The fraction of sp³-hybridized carbons (Fsp3) is 0.269. The quantitative estimate of drug-likeness (QED) is 0.440. The van der Waals surface area contributed by atoms with Crippen LogP contribution in [0.15, 0.2) is 60.7 Å². The molecule has 1 saturated heterocycles. The minimum atomic E-state index is -0.963. The summed E-state index contributed by atoms with van der Waals surface area (Å²) in [6.45, 7) is 3.33. The number of halogens is 1. The van der Waals surface area contributed by atoms with Crippen molar-refractivity contribution in [2.24, 2.45) is 0 Å². The normalized spacial score (nSPS) is 13.4. The van der Waals surface area contributed by atoms with Crippen molar-refractivity contribution in [1.82, 2.24) is 0 Å². The Balaban J connectivity index is 1.47. The van der Waals surface area contributed by atoms with Gasteiger partial charge in [0.25, 0.3) is 0 Å². The number of rotatable bonds is 9. The Morgan fingerprint density at radius 2 is 1.85 bits per heavy atom. The van der Waals surface area contributed by atoms with Gasteiger partial charge < -0.3 is 29.5 Å². The third kappa shape index (κ3) is 5.73. The molecule has 1 heterocycles. The van der Waals surface area contributed by atoms with Crippen LogP contribution in [0.4, 0.5) is 11.4 Å². The Morgan fingerprint density at radius 3 is 2.56 bits per heavy atom. The topological polar surface area (TPSA) is 80.3 Å². The van der Waals surface area contributed by atoms with Crippen LogP contribution in [0.2, 0.25) is 5.02 Å². The van der Waals surface area contributed by atoms with E-state index in [0.29, 0.717) is 67.4 Å². The second-order valence-electron chi connectivity index (χ2n) is 7.87. The van der Waals surface area contributed by atoms with Gasteiger partial charge in [-0.3, -0.25) is 0 Å². The third-order valence-corrected chi connectivity index (χ3v) is 5.87. The van der Waals surface area contributed by atoms with E-state index in [0.717, 1.165) is 11.1 Å². The van der Waals surface area contributed by atoms with Crippen LogP contribution in [0.1, 0.15) is 21.5 Å². The molecule has 1 aliphatic rings. The molecule has 0 unspecified atom stereocenters. The molecule has 0 aromatic heterocycles. The first-order valence-electron chi connectivity index (χ1n) is 11.0.